The molecule has 0 fully saturated rings. The molecule has 5 nitrogen and oxygen atoms in total. The molecular formula is C11H15FN2O3. The molecule has 0 radical (unpaired) electrons. The number of halogens is 1. The van der Waals surface area contributed by atoms with E-state index in [1.807, 2.05) is 0 Å². The Kier molecular flexibility index (Phi) is 5.38. The van der Waals surface area contributed by atoms with Gasteiger partial charge in [-0.05, 0) is 18.2 Å². The Hall–Kier alpha value is -1.66. The number of hydrogen-bond donors (Lipinski definition) is 3. The number of anilines is 1. The zero-order chi connectivity index (χ0) is 12.7. The average Bonchev–Trinajstić information content (AvgIpc) is 2.32. The molecule has 0 bridgehead atoms. The minimum Gasteiger partial charge on any atom is -0.398 e. The highest BCUT2D eigenvalue weighted by atomic mass is 19.1. The van der Waals surface area contributed by atoms with Crippen LogP contribution in [-0.2, 0) is 4.74 Å². The van der Waals surface area contributed by atoms with Crippen LogP contribution in [0, 0.1) is 5.82 Å². The molecule has 0 aromatic heterocycles. The van der Waals surface area contributed by atoms with Crippen molar-refractivity contribution in [1.82, 2.24) is 5.32 Å². The number of rotatable bonds is 6. The molecule has 0 atom stereocenters. The van der Waals surface area contributed by atoms with E-state index in [0.29, 0.717) is 0 Å². The molecule has 0 saturated carbocycles. The molecule has 0 saturated heterocycles. The standard InChI is InChI=1S/C11H15FN2O3/c12-8-1-2-10(13)9(7-8)11(16)14-3-5-17-6-4-15/h1-2,7,15H,3-6,13H2,(H,14,16). The van der Waals surface area contributed by atoms with E-state index in [-0.39, 0.29) is 37.6 Å². The highest BCUT2D eigenvalue weighted by molar-refractivity contribution is 5.99. The van der Waals surface area contributed by atoms with Gasteiger partial charge < -0.3 is 20.9 Å². The predicted octanol–water partition coefficient (Wildman–Crippen LogP) is 0.147. The van der Waals surface area contributed by atoms with Gasteiger partial charge in [0.25, 0.3) is 5.91 Å². The van der Waals surface area contributed by atoms with Gasteiger partial charge in [0, 0.05) is 12.2 Å². The number of nitrogen functional groups attached to an aromatic ring is 1. The van der Waals surface area contributed by atoms with Crippen molar-refractivity contribution < 1.29 is 19.0 Å². The van der Waals surface area contributed by atoms with E-state index in [1.165, 1.54) is 12.1 Å². The van der Waals surface area contributed by atoms with Crippen molar-refractivity contribution >= 4 is 11.6 Å². The minimum absolute atomic E-state index is 0.0647. The Balaban J connectivity index is 2.44. The first-order chi connectivity index (χ1) is 8.15. The fraction of sp³-hybridized carbons (Fsp3) is 0.364. The Morgan fingerprint density at radius 1 is 1.47 bits per heavy atom. The maximum Gasteiger partial charge on any atom is 0.253 e. The molecule has 94 valence electrons. The van der Waals surface area contributed by atoms with Crippen LogP contribution in [0.5, 0.6) is 0 Å². The second kappa shape index (κ2) is 6.82. The van der Waals surface area contributed by atoms with E-state index in [4.69, 9.17) is 15.6 Å². The fourth-order valence-corrected chi connectivity index (χ4v) is 1.22. The van der Waals surface area contributed by atoms with E-state index in [2.05, 4.69) is 5.32 Å². The number of amides is 1. The molecule has 17 heavy (non-hydrogen) atoms. The van der Waals surface area contributed by atoms with Gasteiger partial charge in [0.1, 0.15) is 5.82 Å². The third kappa shape index (κ3) is 4.38. The van der Waals surface area contributed by atoms with Gasteiger partial charge in [-0.25, -0.2) is 4.39 Å². The third-order valence-corrected chi connectivity index (χ3v) is 2.03. The van der Waals surface area contributed by atoms with Crippen LogP contribution in [0.2, 0.25) is 0 Å². The Bertz CT molecular complexity index is 385. The summed E-state index contributed by atoms with van der Waals surface area (Å²) >= 11 is 0. The molecule has 0 unspecified atom stereocenters. The minimum atomic E-state index is -0.513. The first kappa shape index (κ1) is 13.4. The highest BCUT2D eigenvalue weighted by Crippen LogP contribution is 2.12. The van der Waals surface area contributed by atoms with Crippen LogP contribution in [0.25, 0.3) is 0 Å². The van der Waals surface area contributed by atoms with Gasteiger partial charge in [-0.2, -0.15) is 0 Å². The predicted molar refractivity (Wildman–Crippen MR) is 61.1 cm³/mol. The van der Waals surface area contributed by atoms with Gasteiger partial charge in [-0.15, -0.1) is 0 Å². The lowest BCUT2D eigenvalue weighted by Gasteiger charge is -2.07. The quantitative estimate of drug-likeness (QED) is 0.489. The lowest BCUT2D eigenvalue weighted by atomic mass is 10.1. The SMILES string of the molecule is Nc1ccc(F)cc1C(=O)NCCOCCO. The number of aliphatic hydroxyl groups excluding tert-OH is 1. The molecule has 0 spiro atoms. The Morgan fingerprint density at radius 3 is 2.94 bits per heavy atom. The normalized spacial score (nSPS) is 10.2. The van der Waals surface area contributed by atoms with Crippen LogP contribution in [0.1, 0.15) is 10.4 Å². The molecule has 0 aliphatic carbocycles. The average molecular weight is 242 g/mol. The summed E-state index contributed by atoms with van der Waals surface area (Å²) in [7, 11) is 0. The van der Waals surface area contributed by atoms with Crippen molar-refractivity contribution in [2.45, 2.75) is 0 Å². The number of carbonyl (C=O) groups excluding carboxylic acids is 1. The highest BCUT2D eigenvalue weighted by Gasteiger charge is 2.09. The Labute approximate surface area is 98.4 Å². The van der Waals surface area contributed by atoms with Gasteiger partial charge >= 0.3 is 0 Å². The number of aliphatic hydroxyl groups is 1. The summed E-state index contributed by atoms with van der Waals surface area (Å²) in [5.41, 5.74) is 5.88. The van der Waals surface area contributed by atoms with Crippen molar-refractivity contribution in [2.75, 3.05) is 32.1 Å². The number of carbonyl (C=O) groups is 1. The molecule has 6 heteroatoms. The smallest absolute Gasteiger partial charge is 0.253 e. The number of hydrogen-bond acceptors (Lipinski definition) is 4. The summed E-state index contributed by atoms with van der Waals surface area (Å²) in [4.78, 5) is 11.6. The van der Waals surface area contributed by atoms with Crippen molar-refractivity contribution in [3.8, 4) is 0 Å². The molecule has 0 heterocycles. The van der Waals surface area contributed by atoms with Crippen LogP contribution in [0.15, 0.2) is 18.2 Å². The summed E-state index contributed by atoms with van der Waals surface area (Å²) in [6.07, 6.45) is 0. The lowest BCUT2D eigenvalue weighted by molar-refractivity contribution is 0.0838. The zero-order valence-corrected chi connectivity index (χ0v) is 9.28. The monoisotopic (exact) mass is 242 g/mol. The summed E-state index contributed by atoms with van der Waals surface area (Å²) in [6.45, 7) is 0.707. The van der Waals surface area contributed by atoms with Crippen molar-refractivity contribution in [3.63, 3.8) is 0 Å². The maximum absolute atomic E-state index is 12.9. The second-order valence-electron chi connectivity index (χ2n) is 3.32. The molecule has 1 rings (SSSR count). The van der Waals surface area contributed by atoms with E-state index in [9.17, 15) is 9.18 Å². The largest absolute Gasteiger partial charge is 0.398 e. The fourth-order valence-electron chi connectivity index (χ4n) is 1.22. The summed E-state index contributed by atoms with van der Waals surface area (Å²) in [5.74, 6) is -0.963. The van der Waals surface area contributed by atoms with Gasteiger partial charge in [0.15, 0.2) is 0 Å². The van der Waals surface area contributed by atoms with Gasteiger partial charge in [0.05, 0.1) is 25.4 Å². The van der Waals surface area contributed by atoms with Crippen LogP contribution in [0.4, 0.5) is 10.1 Å². The zero-order valence-electron chi connectivity index (χ0n) is 9.28. The van der Waals surface area contributed by atoms with E-state index < -0.39 is 11.7 Å². The van der Waals surface area contributed by atoms with Crippen molar-refractivity contribution in [2.24, 2.45) is 0 Å². The Morgan fingerprint density at radius 2 is 2.24 bits per heavy atom. The summed E-state index contributed by atoms with van der Waals surface area (Å²) < 4.78 is 17.9. The number of nitrogens with two attached hydrogens (primary N) is 1. The van der Waals surface area contributed by atoms with E-state index in [0.717, 1.165) is 6.07 Å². The van der Waals surface area contributed by atoms with Crippen LogP contribution >= 0.6 is 0 Å². The topological polar surface area (TPSA) is 84.6 Å². The van der Waals surface area contributed by atoms with Crippen LogP contribution in [0.3, 0.4) is 0 Å². The van der Waals surface area contributed by atoms with E-state index in [1.54, 1.807) is 0 Å². The third-order valence-electron chi connectivity index (χ3n) is 2.03. The van der Waals surface area contributed by atoms with Gasteiger partial charge in [-0.3, -0.25) is 4.79 Å². The molecule has 1 aromatic rings. The van der Waals surface area contributed by atoms with Crippen LogP contribution < -0.4 is 11.1 Å². The lowest BCUT2D eigenvalue weighted by Crippen LogP contribution is -2.28. The van der Waals surface area contributed by atoms with Gasteiger partial charge in [0.2, 0.25) is 0 Å². The molecule has 1 aromatic carbocycles. The maximum atomic E-state index is 12.9. The molecule has 1 amide bonds. The summed E-state index contributed by atoms with van der Waals surface area (Å²) in [6, 6.07) is 3.61. The first-order valence-electron chi connectivity index (χ1n) is 5.17. The molecule has 4 N–H and O–H groups in total. The molecule has 0 aliphatic heterocycles. The second-order valence-corrected chi connectivity index (χ2v) is 3.32. The van der Waals surface area contributed by atoms with E-state index >= 15 is 0 Å². The number of ether oxygens (including phenoxy) is 1. The molecular weight excluding hydrogens is 227 g/mol. The van der Waals surface area contributed by atoms with Gasteiger partial charge in [-0.1, -0.05) is 0 Å². The molecule has 0 aliphatic rings. The number of nitrogens with one attached hydrogen (secondary N) is 1. The summed E-state index contributed by atoms with van der Waals surface area (Å²) in [5, 5.41) is 11.0. The first-order valence-corrected chi connectivity index (χ1v) is 5.17. The van der Waals surface area contributed by atoms with Crippen LogP contribution in [-0.4, -0.2) is 37.4 Å². The van der Waals surface area contributed by atoms with Crippen molar-refractivity contribution in [3.05, 3.63) is 29.6 Å². The van der Waals surface area contributed by atoms with Crippen molar-refractivity contribution in [1.29, 1.82) is 0 Å². The number of benzene rings is 1.